The Morgan fingerprint density at radius 1 is 1.09 bits per heavy atom. The van der Waals surface area contributed by atoms with Crippen LogP contribution in [0, 0.1) is 5.92 Å². The molecule has 1 atom stereocenters. The summed E-state index contributed by atoms with van der Waals surface area (Å²) in [6.07, 6.45) is 3.49. The normalized spacial score (nSPS) is 17.0. The maximum atomic E-state index is 12.2. The number of nitrogens with one attached hydrogen (secondary N) is 2. The number of rotatable bonds is 8. The average molecular weight is 450 g/mol. The monoisotopic (exact) mass is 449 g/mol. The fraction of sp³-hybridized carbons (Fsp3) is 0.481. The summed E-state index contributed by atoms with van der Waals surface area (Å²) in [7, 11) is 5.33. The van der Waals surface area contributed by atoms with Gasteiger partial charge in [0.25, 0.3) is 5.91 Å². The van der Waals surface area contributed by atoms with Gasteiger partial charge in [-0.1, -0.05) is 43.3 Å². The molecule has 0 aromatic heterocycles. The second-order valence-electron chi connectivity index (χ2n) is 9.30. The van der Waals surface area contributed by atoms with E-state index in [1.165, 1.54) is 37.1 Å². The molecule has 1 aliphatic rings. The van der Waals surface area contributed by atoms with Crippen molar-refractivity contribution in [2.24, 2.45) is 10.9 Å². The Labute approximate surface area is 199 Å². The number of hydrogen-bond donors (Lipinski definition) is 2. The SMILES string of the molecule is CN=C(NCCc1cccc(C(=O)N(C)C)c1)NCc1ccc(CN2CCCC(C)C2)cc1. The first-order valence-electron chi connectivity index (χ1n) is 12.0. The number of carbonyl (C=O) groups is 1. The van der Waals surface area contributed by atoms with E-state index >= 15 is 0 Å². The van der Waals surface area contributed by atoms with Gasteiger partial charge in [0, 0.05) is 52.9 Å². The highest BCUT2D eigenvalue weighted by Crippen LogP contribution is 2.18. The molecule has 1 saturated heterocycles. The van der Waals surface area contributed by atoms with Crippen LogP contribution in [0.4, 0.5) is 0 Å². The highest BCUT2D eigenvalue weighted by atomic mass is 16.2. The van der Waals surface area contributed by atoms with E-state index < -0.39 is 0 Å². The molecule has 178 valence electrons. The Bertz CT molecular complexity index is 922. The molecule has 33 heavy (non-hydrogen) atoms. The predicted octanol–water partition coefficient (Wildman–Crippen LogP) is 3.53. The number of aliphatic imine (C=N–C) groups is 1. The summed E-state index contributed by atoms with van der Waals surface area (Å²) in [5.41, 5.74) is 4.47. The third kappa shape index (κ3) is 7.90. The van der Waals surface area contributed by atoms with Crippen LogP contribution in [0.1, 0.15) is 46.8 Å². The minimum atomic E-state index is 0.0267. The van der Waals surface area contributed by atoms with E-state index in [9.17, 15) is 4.79 Å². The molecule has 2 aromatic carbocycles. The van der Waals surface area contributed by atoms with Crippen LogP contribution in [0.2, 0.25) is 0 Å². The van der Waals surface area contributed by atoms with Crippen molar-refractivity contribution in [1.29, 1.82) is 0 Å². The van der Waals surface area contributed by atoms with Crippen LogP contribution in [-0.4, -0.2) is 62.4 Å². The zero-order chi connectivity index (χ0) is 23.6. The van der Waals surface area contributed by atoms with E-state index in [0.717, 1.165) is 49.1 Å². The van der Waals surface area contributed by atoms with E-state index in [-0.39, 0.29) is 5.91 Å². The number of amides is 1. The standard InChI is InChI=1S/C27H39N5O/c1-21-7-6-16-32(19-21)20-24-12-10-23(11-13-24)18-30-27(28-2)29-15-14-22-8-5-9-25(17-22)26(33)31(3)4/h5,8-13,17,21H,6-7,14-16,18-20H2,1-4H3,(H2,28,29,30). The predicted molar refractivity (Wildman–Crippen MR) is 136 cm³/mol. The maximum Gasteiger partial charge on any atom is 0.253 e. The van der Waals surface area contributed by atoms with Crippen LogP contribution in [0.5, 0.6) is 0 Å². The highest BCUT2D eigenvalue weighted by molar-refractivity contribution is 5.94. The molecule has 2 aromatic rings. The van der Waals surface area contributed by atoms with Crippen LogP contribution < -0.4 is 10.6 Å². The van der Waals surface area contributed by atoms with Crippen LogP contribution in [0.3, 0.4) is 0 Å². The molecule has 0 bridgehead atoms. The molecular formula is C27H39N5O. The Balaban J connectivity index is 1.42. The molecule has 3 rings (SSSR count). The zero-order valence-corrected chi connectivity index (χ0v) is 20.6. The lowest BCUT2D eigenvalue weighted by Gasteiger charge is -2.30. The van der Waals surface area contributed by atoms with Gasteiger partial charge in [-0.2, -0.15) is 0 Å². The molecule has 0 saturated carbocycles. The van der Waals surface area contributed by atoms with Crippen molar-refractivity contribution in [3.05, 3.63) is 70.8 Å². The fourth-order valence-corrected chi connectivity index (χ4v) is 4.30. The Hall–Kier alpha value is -2.86. The first-order valence-corrected chi connectivity index (χ1v) is 12.0. The van der Waals surface area contributed by atoms with E-state index in [1.54, 1.807) is 26.0 Å². The number of likely N-dealkylation sites (tertiary alicyclic amines) is 1. The number of guanidine groups is 1. The molecule has 1 aliphatic heterocycles. The smallest absolute Gasteiger partial charge is 0.253 e. The first kappa shape index (κ1) is 24.8. The van der Waals surface area contributed by atoms with Crippen molar-refractivity contribution < 1.29 is 4.79 Å². The topological polar surface area (TPSA) is 60.0 Å². The Kier molecular flexibility index (Phi) is 9.31. The van der Waals surface area contributed by atoms with Gasteiger partial charge in [-0.15, -0.1) is 0 Å². The lowest BCUT2D eigenvalue weighted by molar-refractivity contribution is 0.0827. The number of benzene rings is 2. The molecule has 1 heterocycles. The van der Waals surface area contributed by atoms with Gasteiger partial charge in [-0.25, -0.2) is 0 Å². The van der Waals surface area contributed by atoms with Crippen molar-refractivity contribution in [3.63, 3.8) is 0 Å². The maximum absolute atomic E-state index is 12.2. The Morgan fingerprint density at radius 2 is 1.85 bits per heavy atom. The summed E-state index contributed by atoms with van der Waals surface area (Å²) in [6.45, 7) is 7.29. The van der Waals surface area contributed by atoms with E-state index in [2.05, 4.69) is 57.8 Å². The summed E-state index contributed by atoms with van der Waals surface area (Å²) < 4.78 is 0. The van der Waals surface area contributed by atoms with Crippen LogP contribution >= 0.6 is 0 Å². The van der Waals surface area contributed by atoms with Crippen molar-refractivity contribution in [1.82, 2.24) is 20.4 Å². The van der Waals surface area contributed by atoms with Crippen molar-refractivity contribution in [3.8, 4) is 0 Å². The summed E-state index contributed by atoms with van der Waals surface area (Å²) in [5.74, 6) is 1.62. The van der Waals surface area contributed by atoms with Crippen LogP contribution in [0.25, 0.3) is 0 Å². The first-order chi connectivity index (χ1) is 15.9. The number of carbonyl (C=O) groups excluding carboxylic acids is 1. The number of nitrogens with zero attached hydrogens (tertiary/aromatic N) is 3. The molecule has 6 nitrogen and oxygen atoms in total. The van der Waals surface area contributed by atoms with Crippen molar-refractivity contribution in [2.45, 2.75) is 39.3 Å². The van der Waals surface area contributed by atoms with Crippen molar-refractivity contribution >= 4 is 11.9 Å². The van der Waals surface area contributed by atoms with Gasteiger partial charge in [0.2, 0.25) is 0 Å². The summed E-state index contributed by atoms with van der Waals surface area (Å²) >= 11 is 0. The second-order valence-corrected chi connectivity index (χ2v) is 9.30. The quantitative estimate of drug-likeness (QED) is 0.478. The van der Waals surface area contributed by atoms with Gasteiger partial charge in [-0.3, -0.25) is 14.7 Å². The third-order valence-corrected chi connectivity index (χ3v) is 6.14. The van der Waals surface area contributed by atoms with Gasteiger partial charge < -0.3 is 15.5 Å². The molecule has 6 heteroatoms. The summed E-state index contributed by atoms with van der Waals surface area (Å²) in [6, 6.07) is 16.7. The van der Waals surface area contributed by atoms with E-state index in [1.807, 2.05) is 18.2 Å². The molecule has 0 radical (unpaired) electrons. The molecule has 0 aliphatic carbocycles. The van der Waals surface area contributed by atoms with Gasteiger partial charge in [0.15, 0.2) is 5.96 Å². The van der Waals surface area contributed by atoms with Gasteiger partial charge >= 0.3 is 0 Å². The average Bonchev–Trinajstić information content (AvgIpc) is 2.82. The second kappa shape index (κ2) is 12.4. The summed E-state index contributed by atoms with van der Waals surface area (Å²) in [4.78, 5) is 20.7. The number of piperidine rings is 1. The lowest BCUT2D eigenvalue weighted by Crippen LogP contribution is -2.37. The minimum Gasteiger partial charge on any atom is -0.356 e. The molecule has 1 fully saturated rings. The third-order valence-electron chi connectivity index (χ3n) is 6.14. The zero-order valence-electron chi connectivity index (χ0n) is 20.6. The minimum absolute atomic E-state index is 0.0267. The van der Waals surface area contributed by atoms with Crippen LogP contribution in [0.15, 0.2) is 53.5 Å². The summed E-state index contributed by atoms with van der Waals surface area (Å²) in [5, 5.41) is 6.76. The van der Waals surface area contributed by atoms with Gasteiger partial charge in [0.05, 0.1) is 0 Å². The molecule has 1 amide bonds. The molecule has 1 unspecified atom stereocenters. The van der Waals surface area contributed by atoms with E-state index in [0.29, 0.717) is 0 Å². The largest absolute Gasteiger partial charge is 0.356 e. The van der Waals surface area contributed by atoms with Gasteiger partial charge in [0.1, 0.15) is 0 Å². The molecule has 0 spiro atoms. The molecular weight excluding hydrogens is 410 g/mol. The van der Waals surface area contributed by atoms with E-state index in [4.69, 9.17) is 0 Å². The van der Waals surface area contributed by atoms with Crippen molar-refractivity contribution in [2.75, 3.05) is 40.8 Å². The van der Waals surface area contributed by atoms with Crippen LogP contribution in [-0.2, 0) is 19.5 Å². The highest BCUT2D eigenvalue weighted by Gasteiger charge is 2.16. The van der Waals surface area contributed by atoms with Gasteiger partial charge in [-0.05, 0) is 60.5 Å². The Morgan fingerprint density at radius 3 is 2.55 bits per heavy atom. The lowest BCUT2D eigenvalue weighted by atomic mass is 9.99. The fourth-order valence-electron chi connectivity index (χ4n) is 4.30. The number of hydrogen-bond acceptors (Lipinski definition) is 3. The molecule has 2 N–H and O–H groups in total.